The SMILES string of the molecule is Cc1cccc(C)c1NC(=S)Nc1c(C)cccc1C. The van der Waals surface area contributed by atoms with E-state index in [1.165, 1.54) is 22.3 Å². The normalized spacial score (nSPS) is 10.2. The number of hydrogen-bond acceptors (Lipinski definition) is 1. The van der Waals surface area contributed by atoms with Crippen LogP contribution >= 0.6 is 12.2 Å². The van der Waals surface area contributed by atoms with Crippen molar-refractivity contribution in [1.29, 1.82) is 0 Å². The minimum atomic E-state index is 0.625. The molecule has 2 rings (SSSR count). The number of nitrogens with one attached hydrogen (secondary N) is 2. The smallest absolute Gasteiger partial charge is 0.175 e. The average molecular weight is 284 g/mol. The van der Waals surface area contributed by atoms with Crippen LogP contribution in [0.1, 0.15) is 22.3 Å². The number of hydrogen-bond donors (Lipinski definition) is 2. The molecule has 2 aromatic carbocycles. The lowest BCUT2D eigenvalue weighted by atomic mass is 10.1. The zero-order valence-electron chi connectivity index (χ0n) is 12.4. The highest BCUT2D eigenvalue weighted by Gasteiger charge is 2.07. The van der Waals surface area contributed by atoms with E-state index in [0.717, 1.165) is 11.4 Å². The zero-order valence-corrected chi connectivity index (χ0v) is 13.2. The van der Waals surface area contributed by atoms with Gasteiger partial charge in [0.25, 0.3) is 0 Å². The van der Waals surface area contributed by atoms with E-state index in [4.69, 9.17) is 12.2 Å². The van der Waals surface area contributed by atoms with E-state index in [9.17, 15) is 0 Å². The summed E-state index contributed by atoms with van der Waals surface area (Å²) in [5.74, 6) is 0. The fraction of sp³-hybridized carbons (Fsp3) is 0.235. The van der Waals surface area contributed by atoms with Crippen molar-refractivity contribution >= 4 is 28.7 Å². The molecular formula is C17H20N2S. The number of aryl methyl sites for hydroxylation is 4. The highest BCUT2D eigenvalue weighted by molar-refractivity contribution is 7.80. The van der Waals surface area contributed by atoms with Gasteiger partial charge in [-0.05, 0) is 62.2 Å². The van der Waals surface area contributed by atoms with Crippen molar-refractivity contribution in [3.8, 4) is 0 Å². The molecule has 0 fully saturated rings. The summed E-state index contributed by atoms with van der Waals surface area (Å²) in [7, 11) is 0. The van der Waals surface area contributed by atoms with Gasteiger partial charge in [0.1, 0.15) is 0 Å². The van der Waals surface area contributed by atoms with Gasteiger partial charge in [-0.25, -0.2) is 0 Å². The van der Waals surface area contributed by atoms with Gasteiger partial charge in [0.05, 0.1) is 0 Å². The molecule has 2 aromatic rings. The van der Waals surface area contributed by atoms with Crippen molar-refractivity contribution in [3.63, 3.8) is 0 Å². The first-order valence-corrected chi connectivity index (χ1v) is 7.10. The van der Waals surface area contributed by atoms with Crippen LogP contribution in [0.2, 0.25) is 0 Å². The van der Waals surface area contributed by atoms with Crippen molar-refractivity contribution in [2.24, 2.45) is 0 Å². The van der Waals surface area contributed by atoms with Gasteiger partial charge >= 0.3 is 0 Å². The Labute approximate surface area is 126 Å². The van der Waals surface area contributed by atoms with Crippen LogP contribution in [-0.4, -0.2) is 5.11 Å². The van der Waals surface area contributed by atoms with E-state index < -0.39 is 0 Å². The molecule has 0 heterocycles. The van der Waals surface area contributed by atoms with Crippen molar-refractivity contribution < 1.29 is 0 Å². The Bertz CT molecular complexity index is 551. The molecule has 0 saturated heterocycles. The van der Waals surface area contributed by atoms with Crippen LogP contribution in [0.15, 0.2) is 36.4 Å². The number of anilines is 2. The Morgan fingerprint density at radius 2 is 1.00 bits per heavy atom. The lowest BCUT2D eigenvalue weighted by molar-refractivity contribution is 1.36. The fourth-order valence-electron chi connectivity index (χ4n) is 2.28. The standard InChI is InChI=1S/C17H20N2S/c1-11-7-5-8-12(2)15(11)18-17(20)19-16-13(3)9-6-10-14(16)4/h5-10H,1-4H3,(H2,18,19,20). The van der Waals surface area contributed by atoms with Gasteiger partial charge in [-0.1, -0.05) is 36.4 Å². The first kappa shape index (κ1) is 14.5. The lowest BCUT2D eigenvalue weighted by Gasteiger charge is -2.17. The van der Waals surface area contributed by atoms with Gasteiger partial charge in [-0.15, -0.1) is 0 Å². The molecule has 0 aliphatic rings. The molecule has 0 aromatic heterocycles. The molecule has 0 radical (unpaired) electrons. The van der Waals surface area contributed by atoms with Crippen LogP contribution in [0, 0.1) is 27.7 Å². The molecular weight excluding hydrogens is 264 g/mol. The number of rotatable bonds is 2. The average Bonchev–Trinajstić information content (AvgIpc) is 2.39. The number of thiocarbonyl (C=S) groups is 1. The molecule has 0 aliphatic heterocycles. The van der Waals surface area contributed by atoms with E-state index in [0.29, 0.717) is 5.11 Å². The third-order valence-electron chi connectivity index (χ3n) is 3.44. The summed E-state index contributed by atoms with van der Waals surface area (Å²) in [5, 5.41) is 7.23. The summed E-state index contributed by atoms with van der Waals surface area (Å²) in [6.45, 7) is 8.32. The van der Waals surface area contributed by atoms with E-state index in [1.54, 1.807) is 0 Å². The summed E-state index contributed by atoms with van der Waals surface area (Å²) in [5.41, 5.74) is 6.92. The van der Waals surface area contributed by atoms with Gasteiger partial charge < -0.3 is 10.6 Å². The second-order valence-electron chi connectivity index (χ2n) is 5.11. The highest BCUT2D eigenvalue weighted by atomic mass is 32.1. The van der Waals surface area contributed by atoms with Gasteiger partial charge in [0.15, 0.2) is 5.11 Å². The van der Waals surface area contributed by atoms with Crippen molar-refractivity contribution in [2.45, 2.75) is 27.7 Å². The summed E-state index contributed by atoms with van der Waals surface area (Å²) < 4.78 is 0. The molecule has 0 aliphatic carbocycles. The van der Waals surface area contributed by atoms with Gasteiger partial charge in [0.2, 0.25) is 0 Å². The topological polar surface area (TPSA) is 24.1 Å². The maximum Gasteiger partial charge on any atom is 0.175 e. The summed E-state index contributed by atoms with van der Waals surface area (Å²) in [6, 6.07) is 12.4. The third kappa shape index (κ3) is 3.17. The van der Waals surface area contributed by atoms with Gasteiger partial charge in [-0.2, -0.15) is 0 Å². The first-order valence-electron chi connectivity index (χ1n) is 6.69. The van der Waals surface area contributed by atoms with Crippen LogP contribution in [0.4, 0.5) is 11.4 Å². The molecule has 0 saturated carbocycles. The maximum absolute atomic E-state index is 5.43. The summed E-state index contributed by atoms with van der Waals surface area (Å²) in [6.07, 6.45) is 0. The fourth-order valence-corrected chi connectivity index (χ4v) is 2.49. The van der Waals surface area contributed by atoms with Gasteiger partial charge in [0, 0.05) is 11.4 Å². The Morgan fingerprint density at radius 1 is 0.700 bits per heavy atom. The highest BCUT2D eigenvalue weighted by Crippen LogP contribution is 2.22. The van der Waals surface area contributed by atoms with E-state index in [2.05, 4.69) is 74.7 Å². The van der Waals surface area contributed by atoms with E-state index >= 15 is 0 Å². The summed E-state index contributed by atoms with van der Waals surface area (Å²) >= 11 is 5.43. The van der Waals surface area contributed by atoms with Crippen LogP contribution in [0.3, 0.4) is 0 Å². The molecule has 3 heteroatoms. The summed E-state index contributed by atoms with van der Waals surface area (Å²) in [4.78, 5) is 0. The number of para-hydroxylation sites is 2. The van der Waals surface area contributed by atoms with Crippen molar-refractivity contribution in [2.75, 3.05) is 10.6 Å². The lowest BCUT2D eigenvalue weighted by Crippen LogP contribution is -2.21. The van der Waals surface area contributed by atoms with Gasteiger partial charge in [-0.3, -0.25) is 0 Å². The Kier molecular flexibility index (Phi) is 4.40. The minimum Gasteiger partial charge on any atom is -0.332 e. The Hall–Kier alpha value is -1.87. The van der Waals surface area contributed by atoms with Crippen LogP contribution in [-0.2, 0) is 0 Å². The second-order valence-corrected chi connectivity index (χ2v) is 5.52. The molecule has 20 heavy (non-hydrogen) atoms. The van der Waals surface area contributed by atoms with E-state index in [1.807, 2.05) is 0 Å². The largest absolute Gasteiger partial charge is 0.332 e. The third-order valence-corrected chi connectivity index (χ3v) is 3.64. The molecule has 0 bridgehead atoms. The molecule has 0 atom stereocenters. The van der Waals surface area contributed by atoms with Crippen LogP contribution in [0.5, 0.6) is 0 Å². The monoisotopic (exact) mass is 284 g/mol. The minimum absolute atomic E-state index is 0.625. The zero-order chi connectivity index (χ0) is 14.7. The number of benzene rings is 2. The molecule has 104 valence electrons. The molecule has 0 amide bonds. The predicted octanol–water partition coefficient (Wildman–Crippen LogP) is 4.73. The quantitative estimate of drug-likeness (QED) is 0.780. The van der Waals surface area contributed by atoms with Crippen LogP contribution in [0.25, 0.3) is 0 Å². The van der Waals surface area contributed by atoms with Crippen molar-refractivity contribution in [3.05, 3.63) is 58.7 Å². The maximum atomic E-state index is 5.43. The molecule has 2 N–H and O–H groups in total. The second kappa shape index (κ2) is 6.06. The Balaban J connectivity index is 2.18. The van der Waals surface area contributed by atoms with E-state index in [-0.39, 0.29) is 0 Å². The van der Waals surface area contributed by atoms with Crippen LogP contribution < -0.4 is 10.6 Å². The molecule has 0 unspecified atom stereocenters. The molecule has 2 nitrogen and oxygen atoms in total. The molecule has 0 spiro atoms. The van der Waals surface area contributed by atoms with Crippen molar-refractivity contribution in [1.82, 2.24) is 0 Å². The Morgan fingerprint density at radius 3 is 1.30 bits per heavy atom. The first-order chi connectivity index (χ1) is 9.49. The predicted molar refractivity (Wildman–Crippen MR) is 91.7 cm³/mol.